The Morgan fingerprint density at radius 3 is 2.80 bits per heavy atom. The van der Waals surface area contributed by atoms with Gasteiger partial charge in [0.1, 0.15) is 5.82 Å². The molecule has 0 aromatic carbocycles. The number of nitrogens with zero attached hydrogens (tertiary/aromatic N) is 6. The molecule has 2 fully saturated rings. The number of morpholine rings is 1. The van der Waals surface area contributed by atoms with Crippen molar-refractivity contribution in [3.63, 3.8) is 0 Å². The van der Waals surface area contributed by atoms with Crippen LogP contribution in [0.15, 0.2) is 18.5 Å². The number of nitrogens with one attached hydrogen (secondary N) is 1. The van der Waals surface area contributed by atoms with E-state index in [1.54, 1.807) is 6.20 Å². The number of ether oxygens (including phenoxy) is 2. The lowest BCUT2D eigenvalue weighted by Gasteiger charge is -2.36. The van der Waals surface area contributed by atoms with Gasteiger partial charge in [-0.1, -0.05) is 0 Å². The fraction of sp³-hybridized carbons (Fsp3) is 0.571. The normalized spacial score (nSPS) is 22.8. The molecule has 0 unspecified atom stereocenters. The molecule has 3 aliphatic heterocycles. The van der Waals surface area contributed by atoms with Crippen molar-refractivity contribution in [1.82, 2.24) is 25.0 Å². The number of fused-ring (bicyclic) bond motifs is 3. The molecule has 0 radical (unpaired) electrons. The average Bonchev–Trinajstić information content (AvgIpc) is 3.52. The summed E-state index contributed by atoms with van der Waals surface area (Å²) in [6.45, 7) is 7.26. The van der Waals surface area contributed by atoms with E-state index >= 15 is 0 Å². The predicted molar refractivity (Wildman–Crippen MR) is 114 cm³/mol. The van der Waals surface area contributed by atoms with Crippen molar-refractivity contribution in [2.45, 2.75) is 38.3 Å². The lowest BCUT2D eigenvalue weighted by molar-refractivity contribution is 0.0849. The van der Waals surface area contributed by atoms with E-state index in [4.69, 9.17) is 14.5 Å². The molecule has 1 N–H and O–H groups in total. The van der Waals surface area contributed by atoms with Gasteiger partial charge >= 0.3 is 0 Å². The Hall–Kier alpha value is -2.65. The molecule has 0 aliphatic carbocycles. The minimum atomic E-state index is 0.299. The second-order valence-electron chi connectivity index (χ2n) is 8.40. The average molecular weight is 409 g/mol. The molecule has 2 saturated heterocycles. The summed E-state index contributed by atoms with van der Waals surface area (Å²) in [5, 5.41) is 12.9. The van der Waals surface area contributed by atoms with Gasteiger partial charge in [-0.2, -0.15) is 14.9 Å². The molecule has 3 aromatic heterocycles. The Labute approximate surface area is 175 Å². The fourth-order valence-electron chi connectivity index (χ4n) is 5.14. The first-order valence-corrected chi connectivity index (χ1v) is 10.9. The van der Waals surface area contributed by atoms with Crippen molar-refractivity contribution in [2.75, 3.05) is 49.3 Å². The van der Waals surface area contributed by atoms with E-state index in [1.807, 2.05) is 16.9 Å². The standard InChI is InChI=1S/C21H27N7O2/c1-14-13-30-11-8-26(14)20-16-3-7-27(15-4-9-29-10-5-15)19(16)17-12-23-28(21(17)24-20)18-2-6-22-25-18/h2,6,12,14-15H,3-5,7-11,13H2,1H3,(H,22,25)/t14-/m1/s1. The number of pyridine rings is 1. The van der Waals surface area contributed by atoms with Crippen molar-refractivity contribution in [1.29, 1.82) is 0 Å². The van der Waals surface area contributed by atoms with E-state index in [0.29, 0.717) is 12.1 Å². The Morgan fingerprint density at radius 2 is 2.00 bits per heavy atom. The molecule has 30 heavy (non-hydrogen) atoms. The summed E-state index contributed by atoms with van der Waals surface area (Å²) < 4.78 is 13.2. The maximum absolute atomic E-state index is 5.70. The molecule has 0 spiro atoms. The third-order valence-electron chi connectivity index (χ3n) is 6.64. The monoisotopic (exact) mass is 409 g/mol. The van der Waals surface area contributed by atoms with Crippen LogP contribution in [-0.4, -0.2) is 76.6 Å². The molecule has 6 rings (SSSR count). The highest BCUT2D eigenvalue weighted by molar-refractivity contribution is 5.96. The summed E-state index contributed by atoms with van der Waals surface area (Å²) in [4.78, 5) is 10.2. The van der Waals surface area contributed by atoms with Gasteiger partial charge < -0.3 is 19.3 Å². The van der Waals surface area contributed by atoms with Crippen LogP contribution in [0.2, 0.25) is 0 Å². The first-order valence-electron chi connectivity index (χ1n) is 10.9. The Morgan fingerprint density at radius 1 is 1.10 bits per heavy atom. The predicted octanol–water partition coefficient (Wildman–Crippen LogP) is 1.91. The number of hydrogen-bond donors (Lipinski definition) is 1. The number of aromatic amines is 1. The van der Waals surface area contributed by atoms with Crippen LogP contribution >= 0.6 is 0 Å². The topological polar surface area (TPSA) is 84.3 Å². The summed E-state index contributed by atoms with van der Waals surface area (Å²) >= 11 is 0. The molecule has 9 nitrogen and oxygen atoms in total. The summed E-state index contributed by atoms with van der Waals surface area (Å²) in [7, 11) is 0. The molecule has 6 heterocycles. The summed E-state index contributed by atoms with van der Waals surface area (Å²) in [6, 6.07) is 2.73. The zero-order chi connectivity index (χ0) is 20.1. The van der Waals surface area contributed by atoms with E-state index in [-0.39, 0.29) is 0 Å². The number of aromatic nitrogens is 5. The molecule has 0 bridgehead atoms. The van der Waals surface area contributed by atoms with Gasteiger partial charge in [0.25, 0.3) is 0 Å². The van der Waals surface area contributed by atoms with E-state index in [1.165, 1.54) is 11.3 Å². The highest BCUT2D eigenvalue weighted by Gasteiger charge is 2.35. The molecule has 158 valence electrons. The fourth-order valence-corrected chi connectivity index (χ4v) is 5.14. The van der Waals surface area contributed by atoms with Gasteiger partial charge in [0, 0.05) is 44.0 Å². The number of H-pyrrole nitrogens is 1. The Bertz CT molecular complexity index is 1040. The smallest absolute Gasteiger partial charge is 0.169 e. The minimum Gasteiger partial charge on any atom is -0.381 e. The third-order valence-corrected chi connectivity index (χ3v) is 6.64. The van der Waals surface area contributed by atoms with Crippen LogP contribution in [0, 0.1) is 0 Å². The van der Waals surface area contributed by atoms with Gasteiger partial charge in [-0.15, -0.1) is 0 Å². The van der Waals surface area contributed by atoms with Gasteiger partial charge in [0.05, 0.1) is 42.7 Å². The Kier molecular flexibility index (Phi) is 4.38. The third kappa shape index (κ3) is 2.79. The van der Waals surface area contributed by atoms with E-state index < -0.39 is 0 Å². The first kappa shape index (κ1) is 18.1. The zero-order valence-electron chi connectivity index (χ0n) is 17.3. The van der Waals surface area contributed by atoms with Crippen molar-refractivity contribution in [3.8, 4) is 5.82 Å². The van der Waals surface area contributed by atoms with E-state index in [0.717, 1.165) is 81.4 Å². The van der Waals surface area contributed by atoms with Crippen LogP contribution in [0.3, 0.4) is 0 Å². The maximum atomic E-state index is 5.70. The highest BCUT2D eigenvalue weighted by atomic mass is 16.5. The van der Waals surface area contributed by atoms with Crippen LogP contribution in [0.5, 0.6) is 0 Å². The zero-order valence-corrected chi connectivity index (χ0v) is 17.3. The van der Waals surface area contributed by atoms with Crippen molar-refractivity contribution < 1.29 is 9.47 Å². The van der Waals surface area contributed by atoms with Crippen LogP contribution in [0.4, 0.5) is 11.5 Å². The lowest BCUT2D eigenvalue weighted by atomic mass is 10.1. The van der Waals surface area contributed by atoms with Gasteiger partial charge in [0.15, 0.2) is 11.5 Å². The van der Waals surface area contributed by atoms with Gasteiger partial charge in [-0.25, -0.2) is 4.98 Å². The van der Waals surface area contributed by atoms with Crippen molar-refractivity contribution >= 4 is 22.5 Å². The second-order valence-corrected chi connectivity index (χ2v) is 8.40. The number of rotatable bonds is 3. The summed E-state index contributed by atoms with van der Waals surface area (Å²) in [5.74, 6) is 1.91. The van der Waals surface area contributed by atoms with Crippen LogP contribution < -0.4 is 9.80 Å². The number of anilines is 2. The molecule has 3 aliphatic rings. The molecule has 0 amide bonds. The second kappa shape index (κ2) is 7.24. The molecular formula is C21H27N7O2. The van der Waals surface area contributed by atoms with Gasteiger partial charge in [0.2, 0.25) is 0 Å². The van der Waals surface area contributed by atoms with E-state index in [9.17, 15) is 0 Å². The Balaban J connectivity index is 1.54. The first-order chi connectivity index (χ1) is 14.8. The van der Waals surface area contributed by atoms with Crippen LogP contribution in [0.1, 0.15) is 25.3 Å². The van der Waals surface area contributed by atoms with E-state index in [2.05, 4.69) is 32.0 Å². The minimum absolute atomic E-state index is 0.299. The molecule has 9 heteroatoms. The lowest BCUT2D eigenvalue weighted by Crippen LogP contribution is -2.44. The molecular weight excluding hydrogens is 382 g/mol. The quantitative estimate of drug-likeness (QED) is 0.707. The number of hydrogen-bond acceptors (Lipinski definition) is 7. The molecule has 0 saturated carbocycles. The maximum Gasteiger partial charge on any atom is 0.169 e. The summed E-state index contributed by atoms with van der Waals surface area (Å²) in [5.41, 5.74) is 3.55. The van der Waals surface area contributed by atoms with Crippen molar-refractivity contribution in [3.05, 3.63) is 24.0 Å². The summed E-state index contributed by atoms with van der Waals surface area (Å²) in [6.07, 6.45) is 6.87. The molecule has 1 atom stereocenters. The van der Waals surface area contributed by atoms with Crippen LogP contribution in [-0.2, 0) is 15.9 Å². The SMILES string of the molecule is C[C@@H]1COCCN1c1nc2c(cnn2-c2ccn[nH]2)c2c1CCN2C1CCOCC1. The highest BCUT2D eigenvalue weighted by Crippen LogP contribution is 2.43. The van der Waals surface area contributed by atoms with Crippen molar-refractivity contribution in [2.24, 2.45) is 0 Å². The van der Waals surface area contributed by atoms with Gasteiger partial charge in [-0.3, -0.25) is 5.10 Å². The largest absolute Gasteiger partial charge is 0.381 e. The van der Waals surface area contributed by atoms with Gasteiger partial charge in [-0.05, 0) is 26.2 Å². The molecule has 3 aromatic rings. The van der Waals surface area contributed by atoms with Crippen LogP contribution in [0.25, 0.3) is 16.9 Å².